The fourth-order valence-corrected chi connectivity index (χ4v) is 1.44. The van der Waals surface area contributed by atoms with Crippen LogP contribution in [0.4, 0.5) is 0 Å². The molecule has 0 heterocycles. The number of benzene rings is 1. The van der Waals surface area contributed by atoms with Crippen molar-refractivity contribution in [2.45, 2.75) is 13.5 Å². The first-order chi connectivity index (χ1) is 7.15. The number of halogens is 2. The Balaban J connectivity index is 0.00000225. The maximum Gasteiger partial charge on any atom is 0.191 e. The topological polar surface area (TPSA) is 41.6 Å². The van der Waals surface area contributed by atoms with Crippen LogP contribution in [0.25, 0.3) is 0 Å². The van der Waals surface area contributed by atoms with Gasteiger partial charge in [0.15, 0.2) is 5.96 Å². The second-order valence-corrected chi connectivity index (χ2v) is 3.69. The maximum absolute atomic E-state index is 6.04. The molecule has 5 heteroatoms. The van der Waals surface area contributed by atoms with Crippen LogP contribution in [0.3, 0.4) is 0 Å². The molecule has 1 aromatic rings. The summed E-state index contributed by atoms with van der Waals surface area (Å²) < 4.78 is 0. The van der Waals surface area contributed by atoms with Crippen molar-refractivity contribution >= 4 is 41.5 Å². The van der Waals surface area contributed by atoms with E-state index in [2.05, 4.69) is 4.99 Å². The van der Waals surface area contributed by atoms with Crippen molar-refractivity contribution in [2.75, 3.05) is 13.6 Å². The predicted octanol–water partition coefficient (Wildman–Crippen LogP) is 2.72. The van der Waals surface area contributed by atoms with Crippen molar-refractivity contribution in [3.05, 3.63) is 34.9 Å². The van der Waals surface area contributed by atoms with E-state index in [9.17, 15) is 0 Å². The van der Waals surface area contributed by atoms with Crippen LogP contribution in [0.15, 0.2) is 29.3 Å². The Morgan fingerprint density at radius 1 is 1.44 bits per heavy atom. The van der Waals surface area contributed by atoms with Gasteiger partial charge in [-0.05, 0) is 18.6 Å². The average molecular weight is 354 g/mol. The molecular formula is C11H17ClIN3. The number of nitrogens with two attached hydrogens (primary N) is 1. The van der Waals surface area contributed by atoms with Crippen molar-refractivity contribution in [3.8, 4) is 0 Å². The summed E-state index contributed by atoms with van der Waals surface area (Å²) in [5.41, 5.74) is 6.81. The fraction of sp³-hybridized carbons (Fsp3) is 0.364. The Morgan fingerprint density at radius 2 is 2.06 bits per heavy atom. The van der Waals surface area contributed by atoms with E-state index < -0.39 is 0 Å². The van der Waals surface area contributed by atoms with Crippen LogP contribution in [-0.4, -0.2) is 24.5 Å². The van der Waals surface area contributed by atoms with E-state index in [1.54, 1.807) is 0 Å². The van der Waals surface area contributed by atoms with Crippen molar-refractivity contribution in [1.82, 2.24) is 4.90 Å². The van der Waals surface area contributed by atoms with E-state index in [1.807, 2.05) is 43.1 Å². The highest BCUT2D eigenvalue weighted by Crippen LogP contribution is 2.16. The summed E-state index contributed by atoms with van der Waals surface area (Å²) in [6, 6.07) is 7.73. The second kappa shape index (κ2) is 7.73. The number of hydrogen-bond donors (Lipinski definition) is 1. The minimum atomic E-state index is 0. The molecule has 1 aromatic carbocycles. The summed E-state index contributed by atoms with van der Waals surface area (Å²) in [6.45, 7) is 3.32. The lowest BCUT2D eigenvalue weighted by molar-refractivity contribution is 0.492. The van der Waals surface area contributed by atoms with Crippen molar-refractivity contribution in [2.24, 2.45) is 10.7 Å². The first-order valence-electron chi connectivity index (χ1n) is 4.89. The van der Waals surface area contributed by atoms with Gasteiger partial charge in [0.1, 0.15) is 0 Å². The summed E-state index contributed by atoms with van der Waals surface area (Å²) in [4.78, 5) is 6.01. The van der Waals surface area contributed by atoms with E-state index in [4.69, 9.17) is 17.3 Å². The highest BCUT2D eigenvalue weighted by Gasteiger charge is 2.05. The Hall–Kier alpha value is -0.490. The molecule has 0 unspecified atom stereocenters. The zero-order chi connectivity index (χ0) is 11.3. The largest absolute Gasteiger partial charge is 0.370 e. The first kappa shape index (κ1) is 15.5. The summed E-state index contributed by atoms with van der Waals surface area (Å²) in [7, 11) is 1.90. The molecule has 0 fully saturated rings. The normalized spacial score (nSPS) is 10.8. The molecule has 2 N–H and O–H groups in total. The summed E-state index contributed by atoms with van der Waals surface area (Å²) >= 11 is 6.04. The molecule has 3 nitrogen and oxygen atoms in total. The van der Waals surface area contributed by atoms with E-state index in [0.717, 1.165) is 10.6 Å². The Kier molecular flexibility index (Phi) is 7.49. The van der Waals surface area contributed by atoms with Gasteiger partial charge in [0.2, 0.25) is 0 Å². The molecule has 0 amide bonds. The number of guanidine groups is 1. The molecule has 0 aliphatic heterocycles. The van der Waals surface area contributed by atoms with E-state index in [-0.39, 0.29) is 24.0 Å². The lowest BCUT2D eigenvalue weighted by Crippen LogP contribution is -2.33. The molecular weight excluding hydrogens is 336 g/mol. The highest BCUT2D eigenvalue weighted by atomic mass is 127. The van der Waals surface area contributed by atoms with Crippen molar-refractivity contribution < 1.29 is 0 Å². The standard InChI is InChI=1S/C11H16ClN3.HI/c1-3-14-11(13)15(2)8-9-6-4-5-7-10(9)12;/h4-7H,3,8H2,1-2H3,(H2,13,14);1H. The summed E-state index contributed by atoms with van der Waals surface area (Å²) in [5.74, 6) is 0.539. The highest BCUT2D eigenvalue weighted by molar-refractivity contribution is 14.0. The fourth-order valence-electron chi connectivity index (χ4n) is 1.25. The molecule has 0 bridgehead atoms. The van der Waals surface area contributed by atoms with Crippen molar-refractivity contribution in [1.29, 1.82) is 0 Å². The third-order valence-electron chi connectivity index (χ3n) is 2.08. The Bertz CT molecular complexity index is 355. The third kappa shape index (κ3) is 4.57. The van der Waals surface area contributed by atoms with E-state index >= 15 is 0 Å². The van der Waals surface area contributed by atoms with Crippen LogP contribution in [0.1, 0.15) is 12.5 Å². The van der Waals surface area contributed by atoms with Gasteiger partial charge in [0.05, 0.1) is 0 Å². The molecule has 0 atom stereocenters. The van der Waals surface area contributed by atoms with Gasteiger partial charge in [-0.3, -0.25) is 4.99 Å². The van der Waals surface area contributed by atoms with Crippen LogP contribution >= 0.6 is 35.6 Å². The van der Waals surface area contributed by atoms with Gasteiger partial charge in [0, 0.05) is 25.2 Å². The number of rotatable bonds is 3. The summed E-state index contributed by atoms with van der Waals surface area (Å²) in [5, 5.41) is 0.758. The Labute approximate surface area is 119 Å². The molecule has 0 aliphatic rings. The summed E-state index contributed by atoms with van der Waals surface area (Å²) in [6.07, 6.45) is 0. The van der Waals surface area contributed by atoms with Gasteiger partial charge in [-0.2, -0.15) is 0 Å². The average Bonchev–Trinajstić information content (AvgIpc) is 2.21. The zero-order valence-electron chi connectivity index (χ0n) is 9.48. The SMILES string of the molecule is CCN=C(N)N(C)Cc1ccccc1Cl.I. The van der Waals surface area contributed by atoms with E-state index in [1.165, 1.54) is 0 Å². The minimum Gasteiger partial charge on any atom is -0.370 e. The quantitative estimate of drug-likeness (QED) is 0.516. The number of nitrogens with zero attached hydrogens (tertiary/aromatic N) is 2. The van der Waals surface area contributed by atoms with Crippen LogP contribution in [-0.2, 0) is 6.54 Å². The molecule has 0 spiro atoms. The number of hydrogen-bond acceptors (Lipinski definition) is 1. The molecule has 0 saturated carbocycles. The van der Waals surface area contributed by atoms with Gasteiger partial charge in [0.25, 0.3) is 0 Å². The molecule has 0 aromatic heterocycles. The minimum absolute atomic E-state index is 0. The van der Waals surface area contributed by atoms with E-state index in [0.29, 0.717) is 19.0 Å². The first-order valence-corrected chi connectivity index (χ1v) is 5.27. The van der Waals surface area contributed by atoms with Crippen LogP contribution < -0.4 is 5.73 Å². The van der Waals surface area contributed by atoms with Crippen LogP contribution in [0, 0.1) is 0 Å². The van der Waals surface area contributed by atoms with Gasteiger partial charge >= 0.3 is 0 Å². The molecule has 0 radical (unpaired) electrons. The lowest BCUT2D eigenvalue weighted by Gasteiger charge is -2.18. The van der Waals surface area contributed by atoms with Crippen LogP contribution in [0.5, 0.6) is 0 Å². The third-order valence-corrected chi connectivity index (χ3v) is 2.45. The van der Waals surface area contributed by atoms with Gasteiger partial charge in [-0.1, -0.05) is 29.8 Å². The smallest absolute Gasteiger partial charge is 0.191 e. The molecule has 16 heavy (non-hydrogen) atoms. The maximum atomic E-state index is 6.04. The van der Waals surface area contributed by atoms with Crippen LogP contribution in [0.2, 0.25) is 5.02 Å². The lowest BCUT2D eigenvalue weighted by atomic mass is 10.2. The number of aliphatic imine (C=N–C) groups is 1. The molecule has 0 aliphatic carbocycles. The van der Waals surface area contributed by atoms with Gasteiger partial charge in [-0.25, -0.2) is 0 Å². The Morgan fingerprint density at radius 3 is 2.62 bits per heavy atom. The van der Waals surface area contributed by atoms with Gasteiger partial charge in [-0.15, -0.1) is 24.0 Å². The van der Waals surface area contributed by atoms with Gasteiger partial charge < -0.3 is 10.6 Å². The molecule has 1 rings (SSSR count). The molecule has 90 valence electrons. The molecule has 0 saturated heterocycles. The predicted molar refractivity (Wildman–Crippen MR) is 80.5 cm³/mol. The zero-order valence-corrected chi connectivity index (χ0v) is 12.6. The monoisotopic (exact) mass is 353 g/mol. The second-order valence-electron chi connectivity index (χ2n) is 3.28. The van der Waals surface area contributed by atoms with Crippen molar-refractivity contribution in [3.63, 3.8) is 0 Å².